The van der Waals surface area contributed by atoms with Crippen LogP contribution in [0.2, 0.25) is 0 Å². The number of unbranched alkanes of at least 4 members (excludes halogenated alkanes) is 1. The van der Waals surface area contributed by atoms with Crippen LogP contribution < -0.4 is 0 Å². The summed E-state index contributed by atoms with van der Waals surface area (Å²) in [4.78, 5) is 4.60. The van der Waals surface area contributed by atoms with Gasteiger partial charge in [0.05, 0.1) is 5.69 Å². The van der Waals surface area contributed by atoms with E-state index in [4.69, 9.17) is 0 Å². The lowest BCUT2D eigenvalue weighted by Crippen LogP contribution is -1.89. The molecule has 0 N–H and O–H groups in total. The maximum atomic E-state index is 4.60. The van der Waals surface area contributed by atoms with Crippen LogP contribution in [0.25, 0.3) is 11.3 Å². The Bertz CT molecular complexity index is 549. The van der Waals surface area contributed by atoms with Crippen molar-refractivity contribution in [2.45, 2.75) is 46.0 Å². The van der Waals surface area contributed by atoms with Crippen molar-refractivity contribution in [3.8, 4) is 11.3 Å². The molecule has 1 aromatic carbocycles. The molecule has 0 amide bonds. The highest BCUT2D eigenvalue weighted by atomic mass is 14.7. The lowest BCUT2D eigenvalue weighted by atomic mass is 10.0. The van der Waals surface area contributed by atoms with Crippen LogP contribution in [0.15, 0.2) is 54.7 Å². The number of benzene rings is 1. The molecule has 2 aromatic rings. The summed E-state index contributed by atoms with van der Waals surface area (Å²) in [7, 11) is 0. The fraction of sp³-hybridized carbons (Fsp3) is 0.350. The summed E-state index contributed by atoms with van der Waals surface area (Å²) >= 11 is 0. The summed E-state index contributed by atoms with van der Waals surface area (Å²) < 4.78 is 0. The van der Waals surface area contributed by atoms with Crippen molar-refractivity contribution in [2.24, 2.45) is 0 Å². The first kappa shape index (κ1) is 15.5. The quantitative estimate of drug-likeness (QED) is 0.601. The van der Waals surface area contributed by atoms with Gasteiger partial charge in [0.1, 0.15) is 0 Å². The van der Waals surface area contributed by atoms with Gasteiger partial charge in [-0.3, -0.25) is 4.98 Å². The highest BCUT2D eigenvalue weighted by molar-refractivity contribution is 5.59. The maximum Gasteiger partial charge on any atom is 0.0702 e. The Morgan fingerprint density at radius 2 is 1.71 bits per heavy atom. The van der Waals surface area contributed by atoms with E-state index < -0.39 is 0 Å². The van der Waals surface area contributed by atoms with Crippen LogP contribution in [0.5, 0.6) is 0 Å². The molecule has 0 spiro atoms. The first-order valence-electron chi connectivity index (χ1n) is 7.99. The molecule has 1 nitrogen and oxygen atoms in total. The summed E-state index contributed by atoms with van der Waals surface area (Å²) in [5.74, 6) is 0. The minimum absolute atomic E-state index is 1.07. The topological polar surface area (TPSA) is 12.9 Å². The highest BCUT2D eigenvalue weighted by Gasteiger charge is 2.00. The fourth-order valence-electron chi connectivity index (χ4n) is 2.38. The van der Waals surface area contributed by atoms with E-state index in [1.165, 1.54) is 29.5 Å². The molecule has 0 saturated heterocycles. The minimum Gasteiger partial charge on any atom is -0.256 e. The number of aromatic nitrogens is 1. The first-order chi connectivity index (χ1) is 10.3. The van der Waals surface area contributed by atoms with Gasteiger partial charge in [0, 0.05) is 11.8 Å². The van der Waals surface area contributed by atoms with E-state index in [9.17, 15) is 0 Å². The average Bonchev–Trinajstić information content (AvgIpc) is 2.54. The Morgan fingerprint density at radius 1 is 0.952 bits per heavy atom. The summed E-state index contributed by atoms with van der Waals surface area (Å²) in [6, 6.07) is 13.1. The van der Waals surface area contributed by atoms with Crippen molar-refractivity contribution in [3.63, 3.8) is 0 Å². The number of pyridine rings is 1. The monoisotopic (exact) mass is 279 g/mol. The van der Waals surface area contributed by atoms with E-state index in [0.717, 1.165) is 25.0 Å². The molecule has 0 radical (unpaired) electrons. The van der Waals surface area contributed by atoms with Crippen molar-refractivity contribution in [1.82, 2.24) is 4.98 Å². The average molecular weight is 279 g/mol. The molecule has 21 heavy (non-hydrogen) atoms. The largest absolute Gasteiger partial charge is 0.256 e. The summed E-state index contributed by atoms with van der Waals surface area (Å²) in [5.41, 5.74) is 4.99. The normalized spacial score (nSPS) is 11.1. The van der Waals surface area contributed by atoms with E-state index in [1.54, 1.807) is 0 Å². The fourth-order valence-corrected chi connectivity index (χ4v) is 2.38. The molecule has 0 atom stereocenters. The lowest BCUT2D eigenvalue weighted by molar-refractivity contribution is 0.792. The van der Waals surface area contributed by atoms with Crippen molar-refractivity contribution in [1.29, 1.82) is 0 Å². The van der Waals surface area contributed by atoms with Gasteiger partial charge in [-0.1, -0.05) is 55.8 Å². The lowest BCUT2D eigenvalue weighted by Gasteiger charge is -2.05. The minimum atomic E-state index is 1.07. The molecule has 1 heteroatoms. The molecule has 0 fully saturated rings. The van der Waals surface area contributed by atoms with Gasteiger partial charge >= 0.3 is 0 Å². The van der Waals surface area contributed by atoms with Crippen molar-refractivity contribution in [2.75, 3.05) is 0 Å². The van der Waals surface area contributed by atoms with Gasteiger partial charge in [-0.2, -0.15) is 0 Å². The number of hydrogen-bond acceptors (Lipinski definition) is 1. The second-order valence-electron chi connectivity index (χ2n) is 5.46. The molecule has 0 bridgehead atoms. The molecule has 0 saturated carbocycles. The SMILES string of the molecule is C/C=C/CCc1ccc(-c2ccc(CCCC)cn2)cc1. The van der Waals surface area contributed by atoms with Gasteiger partial charge in [-0.15, -0.1) is 0 Å². The molecular formula is C20H25N. The summed E-state index contributed by atoms with van der Waals surface area (Å²) in [5, 5.41) is 0. The molecule has 0 unspecified atom stereocenters. The van der Waals surface area contributed by atoms with Gasteiger partial charge in [0.25, 0.3) is 0 Å². The second-order valence-corrected chi connectivity index (χ2v) is 5.46. The summed E-state index contributed by atoms with van der Waals surface area (Å²) in [6.45, 7) is 4.29. The third kappa shape index (κ3) is 4.86. The third-order valence-corrected chi connectivity index (χ3v) is 3.73. The molecular weight excluding hydrogens is 254 g/mol. The van der Waals surface area contributed by atoms with E-state index in [2.05, 4.69) is 67.4 Å². The first-order valence-corrected chi connectivity index (χ1v) is 7.99. The van der Waals surface area contributed by atoms with Gasteiger partial charge in [-0.25, -0.2) is 0 Å². The van der Waals surface area contributed by atoms with Crippen LogP contribution in [0.3, 0.4) is 0 Å². The predicted molar refractivity (Wildman–Crippen MR) is 91.4 cm³/mol. The molecule has 0 aliphatic carbocycles. The Morgan fingerprint density at radius 3 is 2.33 bits per heavy atom. The molecule has 1 aromatic heterocycles. The Kier molecular flexibility index (Phi) is 6.21. The zero-order valence-corrected chi connectivity index (χ0v) is 13.2. The molecule has 0 aliphatic rings. The van der Waals surface area contributed by atoms with E-state index in [0.29, 0.717) is 0 Å². The van der Waals surface area contributed by atoms with Crippen LogP contribution in [-0.4, -0.2) is 4.98 Å². The highest BCUT2D eigenvalue weighted by Crippen LogP contribution is 2.19. The molecule has 110 valence electrons. The van der Waals surface area contributed by atoms with E-state index >= 15 is 0 Å². The van der Waals surface area contributed by atoms with Gasteiger partial charge in [0.2, 0.25) is 0 Å². The third-order valence-electron chi connectivity index (χ3n) is 3.73. The Balaban J connectivity index is 2.01. The zero-order chi connectivity index (χ0) is 14.9. The van der Waals surface area contributed by atoms with E-state index in [1.807, 2.05) is 6.20 Å². The van der Waals surface area contributed by atoms with Crippen molar-refractivity contribution < 1.29 is 0 Å². The van der Waals surface area contributed by atoms with Crippen LogP contribution in [0.1, 0.15) is 44.2 Å². The molecule has 2 rings (SSSR count). The van der Waals surface area contributed by atoms with Crippen LogP contribution in [0, 0.1) is 0 Å². The standard InChI is InChI=1S/C20H25N/c1-3-5-7-9-17-10-13-19(14-11-17)20-15-12-18(16-21-20)8-6-4-2/h3,5,10-16H,4,6-9H2,1-2H3/b5-3+. The molecule has 1 heterocycles. The van der Waals surface area contributed by atoms with Gasteiger partial charge in [-0.05, 0) is 49.8 Å². The second kappa shape index (κ2) is 8.41. The number of aryl methyl sites for hydroxylation is 2. The Labute approximate surface area is 128 Å². The van der Waals surface area contributed by atoms with Crippen molar-refractivity contribution in [3.05, 3.63) is 65.9 Å². The van der Waals surface area contributed by atoms with Crippen LogP contribution >= 0.6 is 0 Å². The van der Waals surface area contributed by atoms with Crippen molar-refractivity contribution >= 4 is 0 Å². The van der Waals surface area contributed by atoms with E-state index in [-0.39, 0.29) is 0 Å². The van der Waals surface area contributed by atoms with Crippen LogP contribution in [0.4, 0.5) is 0 Å². The number of allylic oxidation sites excluding steroid dienone is 2. The summed E-state index contributed by atoms with van der Waals surface area (Å²) in [6.07, 6.45) is 12.2. The molecule has 0 aliphatic heterocycles. The zero-order valence-electron chi connectivity index (χ0n) is 13.2. The number of hydrogen-bond donors (Lipinski definition) is 0. The number of nitrogens with zero attached hydrogens (tertiary/aromatic N) is 1. The maximum absolute atomic E-state index is 4.60. The van der Waals surface area contributed by atoms with Gasteiger partial charge < -0.3 is 0 Å². The predicted octanol–water partition coefficient (Wildman–Crippen LogP) is 5.60. The number of rotatable bonds is 7. The van der Waals surface area contributed by atoms with Crippen LogP contribution in [-0.2, 0) is 12.8 Å². The Hall–Kier alpha value is -1.89. The smallest absolute Gasteiger partial charge is 0.0702 e. The van der Waals surface area contributed by atoms with Gasteiger partial charge in [0.15, 0.2) is 0 Å².